The fourth-order valence-corrected chi connectivity index (χ4v) is 13.7. The fourth-order valence-electron chi connectivity index (χ4n) is 12.4. The molecule has 0 atom stereocenters. The molecule has 6 nitrogen and oxygen atoms in total. The SMILES string of the molecule is N=C1C=CC=C/C1=C(/N=Cn1c2ccc(-c3ccc4c(c3)c3ccc5c(ccn5-c5ccccc5)c3n4-c3ccccc3)cc2c2ccc3c(ccn3-c3ccccc3)c21)c1cccc2c1sc1c(-c3ccccc3)cccc12. The van der Waals surface area contributed by atoms with Crippen LogP contribution in [0.1, 0.15) is 5.56 Å². The summed E-state index contributed by atoms with van der Waals surface area (Å²) < 4.78 is 11.6. The quantitative estimate of drug-likeness (QED) is 0.116. The smallest absolute Gasteiger partial charge is 0.100 e. The lowest BCUT2D eigenvalue weighted by Crippen LogP contribution is -2.03. The number of thiophene rings is 1. The highest BCUT2D eigenvalue weighted by atomic mass is 32.1. The van der Waals surface area contributed by atoms with E-state index in [1.54, 1.807) is 11.3 Å². The molecule has 15 aromatic rings. The summed E-state index contributed by atoms with van der Waals surface area (Å²) in [6, 6.07) is 83.1. The van der Waals surface area contributed by atoms with Gasteiger partial charge in [0.05, 0.1) is 44.5 Å². The second-order valence-corrected chi connectivity index (χ2v) is 21.3. The minimum atomic E-state index is 0.422. The van der Waals surface area contributed by atoms with Gasteiger partial charge in [0.2, 0.25) is 0 Å². The van der Waals surface area contributed by atoms with E-state index in [-0.39, 0.29) is 0 Å². The number of aliphatic imine (C=N–C) groups is 1. The van der Waals surface area contributed by atoms with Gasteiger partial charge in [0.15, 0.2) is 0 Å². The molecule has 1 aliphatic carbocycles. The van der Waals surface area contributed by atoms with Crippen molar-refractivity contribution in [2.45, 2.75) is 0 Å². The van der Waals surface area contributed by atoms with Crippen LogP contribution in [-0.2, 0) is 0 Å². The topological polar surface area (TPSA) is 55.9 Å². The van der Waals surface area contributed by atoms with Crippen molar-refractivity contribution in [2.24, 2.45) is 4.99 Å². The Kier molecular flexibility index (Phi) is 10.2. The first kappa shape index (κ1) is 44.9. The molecule has 79 heavy (non-hydrogen) atoms. The molecule has 1 aliphatic rings. The van der Waals surface area contributed by atoms with Crippen LogP contribution in [0.25, 0.3) is 131 Å². The second kappa shape index (κ2) is 17.9. The first-order chi connectivity index (χ1) is 39.1. The third kappa shape index (κ3) is 7.03. The van der Waals surface area contributed by atoms with Crippen LogP contribution in [0, 0.1) is 5.41 Å². The number of nitrogens with one attached hydrogen (secondary N) is 1. The molecule has 0 saturated heterocycles. The third-order valence-electron chi connectivity index (χ3n) is 16.0. The average Bonchev–Trinajstić information content (AvgIpc) is 4.46. The number of allylic oxidation sites excluding steroid dienone is 5. The number of nitrogens with zero attached hydrogens (tertiary/aromatic N) is 5. The summed E-state index contributed by atoms with van der Waals surface area (Å²) in [7, 11) is 0. The van der Waals surface area contributed by atoms with Gasteiger partial charge in [-0.1, -0.05) is 164 Å². The summed E-state index contributed by atoms with van der Waals surface area (Å²) in [6.45, 7) is 0. The van der Waals surface area contributed by atoms with Gasteiger partial charge in [-0.05, 0) is 113 Å². The van der Waals surface area contributed by atoms with E-state index < -0.39 is 0 Å². The molecule has 16 rings (SSSR count). The van der Waals surface area contributed by atoms with Gasteiger partial charge in [0.1, 0.15) is 6.34 Å². The van der Waals surface area contributed by atoms with E-state index in [2.05, 4.69) is 261 Å². The first-order valence-electron chi connectivity index (χ1n) is 26.7. The van der Waals surface area contributed by atoms with Crippen LogP contribution in [-0.4, -0.2) is 30.3 Å². The van der Waals surface area contributed by atoms with Gasteiger partial charge >= 0.3 is 0 Å². The summed E-state index contributed by atoms with van der Waals surface area (Å²) in [5.41, 5.74) is 17.7. The molecule has 0 bridgehead atoms. The van der Waals surface area contributed by atoms with Gasteiger partial charge in [0.25, 0.3) is 0 Å². The largest absolute Gasteiger partial charge is 0.316 e. The van der Waals surface area contributed by atoms with E-state index >= 15 is 0 Å². The highest BCUT2D eigenvalue weighted by Gasteiger charge is 2.22. The predicted molar refractivity (Wildman–Crippen MR) is 334 cm³/mol. The number of aromatic nitrogens is 4. The van der Waals surface area contributed by atoms with Crippen molar-refractivity contribution in [1.29, 1.82) is 5.41 Å². The lowest BCUT2D eigenvalue weighted by atomic mass is 9.97. The predicted octanol–water partition coefficient (Wildman–Crippen LogP) is 18.9. The van der Waals surface area contributed by atoms with Gasteiger partial charge in [-0.25, -0.2) is 4.99 Å². The molecule has 0 fully saturated rings. The van der Waals surface area contributed by atoms with Crippen molar-refractivity contribution in [1.82, 2.24) is 18.3 Å². The van der Waals surface area contributed by atoms with Crippen LogP contribution in [0.5, 0.6) is 0 Å². The summed E-state index contributed by atoms with van der Waals surface area (Å²) in [5, 5.41) is 18.7. The number of rotatable bonds is 8. The Morgan fingerprint density at radius 3 is 1.61 bits per heavy atom. The lowest BCUT2D eigenvalue weighted by molar-refractivity contribution is 1.13. The number of hydrogen-bond acceptors (Lipinski definition) is 3. The van der Waals surface area contributed by atoms with Crippen LogP contribution in [0.15, 0.2) is 278 Å². The molecular weight excluding hydrogens is 981 g/mol. The van der Waals surface area contributed by atoms with E-state index in [1.807, 2.05) is 30.6 Å². The van der Waals surface area contributed by atoms with Crippen molar-refractivity contribution in [3.8, 4) is 39.3 Å². The summed E-state index contributed by atoms with van der Waals surface area (Å²) in [5.74, 6) is 0. The first-order valence-corrected chi connectivity index (χ1v) is 27.5. The Bertz CT molecular complexity index is 5120. The van der Waals surface area contributed by atoms with E-state index in [0.29, 0.717) is 5.71 Å². The van der Waals surface area contributed by atoms with Crippen molar-refractivity contribution in [2.75, 3.05) is 0 Å². The van der Waals surface area contributed by atoms with Crippen LogP contribution < -0.4 is 0 Å². The van der Waals surface area contributed by atoms with Crippen molar-refractivity contribution in [3.05, 3.63) is 278 Å². The van der Waals surface area contributed by atoms with Crippen molar-refractivity contribution < 1.29 is 0 Å². The molecule has 0 spiro atoms. The Hall–Kier alpha value is -10.3. The zero-order valence-electron chi connectivity index (χ0n) is 42.6. The molecule has 0 radical (unpaired) electrons. The van der Waals surface area contributed by atoms with Gasteiger partial charge in [-0.2, -0.15) is 0 Å². The molecule has 1 N–H and O–H groups in total. The Morgan fingerprint density at radius 2 is 0.949 bits per heavy atom. The maximum Gasteiger partial charge on any atom is 0.100 e. The molecule has 370 valence electrons. The van der Waals surface area contributed by atoms with E-state index in [1.165, 1.54) is 53.8 Å². The normalized spacial score (nSPS) is 13.6. The van der Waals surface area contributed by atoms with E-state index in [9.17, 15) is 5.41 Å². The monoisotopic (exact) mass is 1030 g/mol. The number of hydrogen-bond donors (Lipinski definition) is 1. The standard InChI is InChI=1S/C72H46N6S/c73-63-30-14-13-25-57(63)68(60-29-16-28-56-55-27-15-26-52(71(55)79-72(56)60)46-17-5-1-6-18-46)74-45-77-66-35-31-47(43-61(66)53-33-37-64-58(69(53)77)39-41-75(64)49-19-7-2-8-20-49)48-32-36-67-62(44-48)54-34-38-65-59(40-42-76(65)50-21-9-3-10-22-50)70(54)78(67)51-23-11-4-12-24-51/h1-45,73H/b68-57-,73-63?,74-45?. The molecule has 0 saturated carbocycles. The maximum absolute atomic E-state index is 9.33. The molecule has 5 heterocycles. The average molecular weight is 1030 g/mol. The third-order valence-corrected chi connectivity index (χ3v) is 17.3. The molecule has 0 unspecified atom stereocenters. The Balaban J connectivity index is 0.899. The summed E-state index contributed by atoms with van der Waals surface area (Å²) >= 11 is 1.80. The minimum absolute atomic E-state index is 0.422. The molecular formula is C72H46N6S. The van der Waals surface area contributed by atoms with Gasteiger partial charge in [0, 0.05) is 93.1 Å². The van der Waals surface area contributed by atoms with Crippen molar-refractivity contribution in [3.63, 3.8) is 0 Å². The van der Waals surface area contributed by atoms with Gasteiger partial charge in [-0.15, -0.1) is 11.3 Å². The van der Waals surface area contributed by atoms with Crippen molar-refractivity contribution >= 4 is 115 Å². The van der Waals surface area contributed by atoms with Gasteiger partial charge < -0.3 is 19.1 Å². The molecule has 0 amide bonds. The van der Waals surface area contributed by atoms with E-state index in [0.717, 1.165) is 87.9 Å². The van der Waals surface area contributed by atoms with Gasteiger partial charge in [-0.3, -0.25) is 4.57 Å². The van der Waals surface area contributed by atoms with Crippen LogP contribution in [0.3, 0.4) is 0 Å². The highest BCUT2D eigenvalue weighted by molar-refractivity contribution is 7.26. The maximum atomic E-state index is 9.33. The minimum Gasteiger partial charge on any atom is -0.316 e. The molecule has 10 aromatic carbocycles. The Morgan fingerprint density at radius 1 is 0.405 bits per heavy atom. The number of fused-ring (bicyclic) bond motifs is 13. The Labute approximate surface area is 458 Å². The van der Waals surface area contributed by atoms with Crippen LogP contribution >= 0.6 is 11.3 Å². The summed E-state index contributed by atoms with van der Waals surface area (Å²) in [6.07, 6.45) is 14.2. The van der Waals surface area contributed by atoms with Crippen LogP contribution in [0.4, 0.5) is 0 Å². The molecule has 0 aliphatic heterocycles. The second-order valence-electron chi connectivity index (χ2n) is 20.3. The highest BCUT2D eigenvalue weighted by Crippen LogP contribution is 2.45. The lowest BCUT2D eigenvalue weighted by Gasteiger charge is -2.12. The number of benzene rings is 10. The molecule has 7 heteroatoms. The summed E-state index contributed by atoms with van der Waals surface area (Å²) in [4.78, 5) is 5.58. The van der Waals surface area contributed by atoms with Crippen LogP contribution in [0.2, 0.25) is 0 Å². The number of para-hydroxylation sites is 3. The molecule has 5 aromatic heterocycles. The van der Waals surface area contributed by atoms with E-state index in [4.69, 9.17) is 4.99 Å². The fraction of sp³-hybridized carbons (Fsp3) is 0. The zero-order valence-corrected chi connectivity index (χ0v) is 43.4. The zero-order chi connectivity index (χ0) is 52.1.